The predicted octanol–water partition coefficient (Wildman–Crippen LogP) is -2.89. The number of amides is 2. The molecule has 10 heteroatoms. The molecule has 0 saturated carbocycles. The van der Waals surface area contributed by atoms with Crippen LogP contribution in [0.3, 0.4) is 0 Å². The molecule has 5 N–H and O–H groups in total. The van der Waals surface area contributed by atoms with Crippen molar-refractivity contribution in [2.75, 3.05) is 13.7 Å². The van der Waals surface area contributed by atoms with Crippen LogP contribution in [0, 0.1) is 4.91 Å². The van der Waals surface area contributed by atoms with Gasteiger partial charge in [0, 0.05) is 7.05 Å². The van der Waals surface area contributed by atoms with E-state index >= 15 is 0 Å². The van der Waals surface area contributed by atoms with Crippen LogP contribution in [0.5, 0.6) is 0 Å². The monoisotopic (exact) mass is 265 g/mol. The Labute approximate surface area is 102 Å². The number of nitrogens with zero attached hydrogens (tertiary/aromatic N) is 2. The molecule has 1 unspecified atom stereocenters. The average Bonchev–Trinajstić information content (AvgIpc) is 2.36. The van der Waals surface area contributed by atoms with Crippen LogP contribution in [0.1, 0.15) is 0 Å². The minimum absolute atomic E-state index is 0.608. The van der Waals surface area contributed by atoms with Crippen LogP contribution in [0.25, 0.3) is 0 Å². The minimum atomic E-state index is -1.60. The van der Waals surface area contributed by atoms with Crippen LogP contribution < -0.4 is 5.43 Å². The SMILES string of the molecule is CN(C(=O)NN=O)C1O[C@H](CO)[C@@H](O)[C@H](O)[C@H]1O. The van der Waals surface area contributed by atoms with Gasteiger partial charge in [0.25, 0.3) is 0 Å². The highest BCUT2D eigenvalue weighted by Crippen LogP contribution is 2.22. The number of aliphatic hydroxyl groups is 4. The van der Waals surface area contributed by atoms with E-state index in [1.807, 2.05) is 0 Å². The first-order valence-electron chi connectivity index (χ1n) is 5.09. The van der Waals surface area contributed by atoms with Crippen molar-refractivity contribution in [2.24, 2.45) is 5.29 Å². The van der Waals surface area contributed by atoms with Gasteiger partial charge in [-0.1, -0.05) is 0 Å². The summed E-state index contributed by atoms with van der Waals surface area (Å²) in [6.45, 7) is -0.608. The van der Waals surface area contributed by atoms with Crippen molar-refractivity contribution < 1.29 is 30.0 Å². The highest BCUT2D eigenvalue weighted by molar-refractivity contribution is 5.73. The van der Waals surface area contributed by atoms with Gasteiger partial charge < -0.3 is 25.2 Å². The largest absolute Gasteiger partial charge is 0.394 e. The maximum absolute atomic E-state index is 11.3. The lowest BCUT2D eigenvalue weighted by Gasteiger charge is -2.42. The molecule has 0 aromatic rings. The number of hydrogen-bond acceptors (Lipinski definition) is 8. The average molecular weight is 265 g/mol. The van der Waals surface area contributed by atoms with Gasteiger partial charge in [0.1, 0.15) is 24.4 Å². The third kappa shape index (κ3) is 2.73. The first kappa shape index (κ1) is 14.7. The van der Waals surface area contributed by atoms with E-state index in [9.17, 15) is 25.0 Å². The molecule has 10 nitrogen and oxygen atoms in total. The number of ether oxygens (including phenoxy) is 1. The number of aliphatic hydroxyl groups excluding tert-OH is 4. The lowest BCUT2D eigenvalue weighted by atomic mass is 9.98. The Morgan fingerprint density at radius 3 is 2.44 bits per heavy atom. The Balaban J connectivity index is 2.80. The number of nitrogens with one attached hydrogen (secondary N) is 1. The van der Waals surface area contributed by atoms with Crippen molar-refractivity contribution in [3.8, 4) is 0 Å². The molecule has 0 spiro atoms. The summed E-state index contributed by atoms with van der Waals surface area (Å²) in [7, 11) is 1.19. The predicted molar refractivity (Wildman–Crippen MR) is 55.9 cm³/mol. The van der Waals surface area contributed by atoms with Crippen LogP contribution in [0.2, 0.25) is 0 Å². The summed E-state index contributed by atoms with van der Waals surface area (Å²) in [5.74, 6) is 0. The topological polar surface area (TPSA) is 152 Å². The number of hydrogen-bond donors (Lipinski definition) is 5. The Hall–Kier alpha value is -1.33. The fourth-order valence-corrected chi connectivity index (χ4v) is 1.64. The van der Waals surface area contributed by atoms with Gasteiger partial charge in [-0.15, -0.1) is 4.91 Å². The summed E-state index contributed by atoms with van der Waals surface area (Å²) in [5, 5.41) is 39.8. The quantitative estimate of drug-likeness (QED) is 0.271. The lowest BCUT2D eigenvalue weighted by molar-refractivity contribution is -0.254. The molecule has 0 radical (unpaired) electrons. The van der Waals surface area contributed by atoms with Crippen molar-refractivity contribution in [2.45, 2.75) is 30.6 Å². The zero-order valence-electron chi connectivity index (χ0n) is 9.50. The fraction of sp³-hybridized carbons (Fsp3) is 0.875. The fourth-order valence-electron chi connectivity index (χ4n) is 1.64. The third-order valence-corrected chi connectivity index (χ3v) is 2.71. The number of likely N-dealkylation sites (N-methyl/N-ethyl adjacent to an activating group) is 1. The molecular weight excluding hydrogens is 250 g/mol. The first-order valence-corrected chi connectivity index (χ1v) is 5.09. The van der Waals surface area contributed by atoms with Gasteiger partial charge in [-0.05, 0) is 0 Å². The minimum Gasteiger partial charge on any atom is -0.394 e. The van der Waals surface area contributed by atoms with Crippen molar-refractivity contribution in [1.29, 1.82) is 0 Å². The van der Waals surface area contributed by atoms with E-state index in [2.05, 4.69) is 5.29 Å². The van der Waals surface area contributed by atoms with E-state index < -0.39 is 43.3 Å². The summed E-state index contributed by atoms with van der Waals surface area (Å²) < 4.78 is 5.07. The van der Waals surface area contributed by atoms with Gasteiger partial charge >= 0.3 is 6.03 Å². The molecule has 1 aliphatic heterocycles. The summed E-state index contributed by atoms with van der Waals surface area (Å²) in [6.07, 6.45) is -7.16. The molecule has 18 heavy (non-hydrogen) atoms. The zero-order chi connectivity index (χ0) is 13.9. The van der Waals surface area contributed by atoms with Gasteiger partial charge in [0.2, 0.25) is 0 Å². The Morgan fingerprint density at radius 1 is 1.33 bits per heavy atom. The molecule has 2 amide bonds. The van der Waals surface area contributed by atoms with Crippen molar-refractivity contribution in [1.82, 2.24) is 10.3 Å². The summed E-state index contributed by atoms with van der Waals surface area (Å²) in [5.41, 5.74) is 1.58. The molecule has 0 aromatic heterocycles. The van der Waals surface area contributed by atoms with Crippen molar-refractivity contribution in [3.63, 3.8) is 0 Å². The van der Waals surface area contributed by atoms with Crippen LogP contribution in [0.15, 0.2) is 5.29 Å². The number of nitroso groups, excluding NO2 is 1. The summed E-state index contributed by atoms with van der Waals surface area (Å²) >= 11 is 0. The molecule has 0 aliphatic carbocycles. The molecule has 5 atom stereocenters. The molecule has 1 heterocycles. The molecule has 104 valence electrons. The molecule has 0 aromatic carbocycles. The van der Waals surface area contributed by atoms with E-state index in [0.29, 0.717) is 0 Å². The number of rotatable bonds is 3. The van der Waals surface area contributed by atoms with Crippen molar-refractivity contribution >= 4 is 6.03 Å². The van der Waals surface area contributed by atoms with E-state index in [1.165, 1.54) is 7.05 Å². The van der Waals surface area contributed by atoms with Crippen LogP contribution >= 0.6 is 0 Å². The molecule has 0 bridgehead atoms. The van der Waals surface area contributed by atoms with Crippen LogP contribution in [0.4, 0.5) is 4.79 Å². The molecule has 1 rings (SSSR count). The number of carbonyl (C=O) groups excluding carboxylic acids is 1. The Kier molecular flexibility index (Phi) is 4.93. The second-order valence-electron chi connectivity index (χ2n) is 3.84. The smallest absolute Gasteiger partial charge is 0.342 e. The van der Waals surface area contributed by atoms with Gasteiger partial charge in [0.15, 0.2) is 6.23 Å². The Bertz CT molecular complexity index is 313. The van der Waals surface area contributed by atoms with Gasteiger partial charge in [0.05, 0.1) is 11.9 Å². The second kappa shape index (κ2) is 6.02. The molecule has 1 aliphatic rings. The zero-order valence-corrected chi connectivity index (χ0v) is 9.50. The van der Waals surface area contributed by atoms with Gasteiger partial charge in [-0.3, -0.25) is 4.90 Å². The molecule has 1 fully saturated rings. The molecule has 1 saturated heterocycles. The van der Waals surface area contributed by atoms with Gasteiger partial charge in [-0.2, -0.15) is 5.43 Å². The van der Waals surface area contributed by atoms with E-state index in [1.54, 1.807) is 5.43 Å². The second-order valence-corrected chi connectivity index (χ2v) is 3.84. The lowest BCUT2D eigenvalue weighted by Crippen LogP contribution is -2.64. The summed E-state index contributed by atoms with van der Waals surface area (Å²) in [4.78, 5) is 22.0. The number of carbonyl (C=O) groups is 1. The highest BCUT2D eigenvalue weighted by Gasteiger charge is 2.46. The molecular formula is C8H15N3O7. The maximum Gasteiger partial charge on any atom is 0.342 e. The van der Waals surface area contributed by atoms with E-state index in [0.717, 1.165) is 4.90 Å². The van der Waals surface area contributed by atoms with E-state index in [-0.39, 0.29) is 0 Å². The van der Waals surface area contributed by atoms with Crippen molar-refractivity contribution in [3.05, 3.63) is 4.91 Å². The summed E-state index contributed by atoms with van der Waals surface area (Å²) in [6, 6.07) is -0.964. The normalized spacial score (nSPS) is 35.9. The van der Waals surface area contributed by atoms with E-state index in [4.69, 9.17) is 9.84 Å². The first-order chi connectivity index (χ1) is 8.43. The third-order valence-electron chi connectivity index (χ3n) is 2.71. The van der Waals surface area contributed by atoms with Crippen LogP contribution in [-0.2, 0) is 4.74 Å². The highest BCUT2D eigenvalue weighted by atomic mass is 16.6. The standard InChI is InChI=1S/C8H15N3O7/c1-11(8(16)9-10-17)7-6(15)5(14)4(13)3(2-12)18-7/h3-7,12-15H,2H2,1H3,(H,9,16,17)/t3-,4-,5+,6-,7?/m1/s1. The number of urea groups is 1. The Morgan fingerprint density at radius 2 is 1.94 bits per heavy atom. The maximum atomic E-state index is 11.3. The van der Waals surface area contributed by atoms with Crippen LogP contribution in [-0.4, -0.2) is 75.7 Å². The van der Waals surface area contributed by atoms with Gasteiger partial charge in [-0.25, -0.2) is 4.79 Å².